The van der Waals surface area contributed by atoms with Crippen molar-refractivity contribution in [1.82, 2.24) is 5.32 Å². The highest BCUT2D eigenvalue weighted by molar-refractivity contribution is 6.14. The third kappa shape index (κ3) is 5.24. The third-order valence-electron chi connectivity index (χ3n) is 4.28. The molecule has 0 radical (unpaired) electrons. The third-order valence-corrected chi connectivity index (χ3v) is 4.28. The van der Waals surface area contributed by atoms with Crippen molar-refractivity contribution in [3.05, 3.63) is 121 Å². The van der Waals surface area contributed by atoms with E-state index in [1.165, 1.54) is 54.6 Å². The second-order valence-corrected chi connectivity index (χ2v) is 6.36. The van der Waals surface area contributed by atoms with Gasteiger partial charge in [-0.1, -0.05) is 30.3 Å². The Bertz CT molecular complexity index is 1170. The molecule has 0 heterocycles. The number of rotatable bonds is 7. The van der Waals surface area contributed by atoms with Crippen LogP contribution in [0.1, 0.15) is 26.3 Å². The van der Waals surface area contributed by atoms with Crippen LogP contribution in [-0.4, -0.2) is 21.5 Å². The van der Waals surface area contributed by atoms with E-state index in [0.717, 1.165) is 0 Å². The van der Waals surface area contributed by atoms with E-state index in [9.17, 15) is 29.8 Å². The minimum Gasteiger partial charge on any atom is -0.319 e. The molecule has 0 fully saturated rings. The first-order valence-corrected chi connectivity index (χ1v) is 8.97. The number of amides is 1. The molecule has 9 nitrogen and oxygen atoms in total. The average molecular weight is 417 g/mol. The Morgan fingerprint density at radius 3 is 1.74 bits per heavy atom. The number of nitro groups is 2. The predicted molar refractivity (Wildman–Crippen MR) is 112 cm³/mol. The van der Waals surface area contributed by atoms with Gasteiger partial charge in [-0.15, -0.1) is 0 Å². The van der Waals surface area contributed by atoms with Crippen molar-refractivity contribution in [3.63, 3.8) is 0 Å². The van der Waals surface area contributed by atoms with Crippen LogP contribution in [-0.2, 0) is 0 Å². The zero-order chi connectivity index (χ0) is 22.4. The fourth-order valence-corrected chi connectivity index (χ4v) is 2.69. The molecule has 31 heavy (non-hydrogen) atoms. The number of nitrogens with zero attached hydrogens (tertiary/aromatic N) is 2. The molecule has 3 rings (SSSR count). The van der Waals surface area contributed by atoms with Crippen molar-refractivity contribution < 1.29 is 19.4 Å². The maximum atomic E-state index is 13.0. The number of Topliss-reactive ketones (excluding diaryl/α,β-unsaturated/α-hetero) is 1. The van der Waals surface area contributed by atoms with E-state index in [2.05, 4.69) is 5.32 Å². The molecule has 0 aromatic heterocycles. The van der Waals surface area contributed by atoms with Crippen LogP contribution < -0.4 is 5.32 Å². The number of hydrogen-bond acceptors (Lipinski definition) is 6. The van der Waals surface area contributed by atoms with Gasteiger partial charge in [0.25, 0.3) is 17.3 Å². The van der Waals surface area contributed by atoms with Crippen LogP contribution in [0.15, 0.2) is 84.6 Å². The number of carbonyl (C=O) groups is 2. The molecular weight excluding hydrogens is 402 g/mol. The number of nitro benzene ring substituents is 2. The molecule has 0 saturated carbocycles. The van der Waals surface area contributed by atoms with Crippen molar-refractivity contribution in [2.24, 2.45) is 0 Å². The van der Waals surface area contributed by atoms with E-state index < -0.39 is 21.5 Å². The summed E-state index contributed by atoms with van der Waals surface area (Å²) >= 11 is 0. The molecular formula is C22H15N3O6. The van der Waals surface area contributed by atoms with Gasteiger partial charge >= 0.3 is 0 Å². The van der Waals surface area contributed by atoms with Crippen LogP contribution in [0.3, 0.4) is 0 Å². The lowest BCUT2D eigenvalue weighted by Crippen LogP contribution is -2.27. The molecule has 154 valence electrons. The maximum Gasteiger partial charge on any atom is 0.269 e. The van der Waals surface area contributed by atoms with Gasteiger partial charge in [0.15, 0.2) is 0 Å². The summed E-state index contributed by atoms with van der Waals surface area (Å²) in [5.74, 6) is -1.10. The lowest BCUT2D eigenvalue weighted by molar-refractivity contribution is -0.385. The molecule has 0 aliphatic heterocycles. The van der Waals surface area contributed by atoms with E-state index >= 15 is 0 Å². The van der Waals surface area contributed by atoms with Crippen LogP contribution >= 0.6 is 0 Å². The first-order chi connectivity index (χ1) is 14.8. The summed E-state index contributed by atoms with van der Waals surface area (Å²) in [4.78, 5) is 46.1. The summed E-state index contributed by atoms with van der Waals surface area (Å²) < 4.78 is 0. The first-order valence-electron chi connectivity index (χ1n) is 8.97. The van der Waals surface area contributed by atoms with Crippen LogP contribution in [0, 0.1) is 20.2 Å². The van der Waals surface area contributed by atoms with Crippen LogP contribution in [0.25, 0.3) is 6.08 Å². The fraction of sp³-hybridized carbons (Fsp3) is 0. The largest absolute Gasteiger partial charge is 0.319 e. The Kier molecular flexibility index (Phi) is 6.27. The van der Waals surface area contributed by atoms with E-state index in [4.69, 9.17) is 0 Å². The number of carbonyl (C=O) groups excluding carboxylic acids is 2. The molecule has 3 aromatic rings. The quantitative estimate of drug-likeness (QED) is 0.266. The molecule has 0 spiro atoms. The normalized spacial score (nSPS) is 10.9. The van der Waals surface area contributed by atoms with Gasteiger partial charge in [0, 0.05) is 35.4 Å². The van der Waals surface area contributed by atoms with Crippen molar-refractivity contribution in [1.29, 1.82) is 0 Å². The standard InChI is InChI=1S/C22H15N3O6/c26-21(16-4-2-1-3-5-16)20(14-15-6-10-18(11-7-15)24(28)29)23-22(27)17-8-12-19(13-9-17)25(30)31/h1-14H,(H,23,27)/b20-14-. The molecule has 0 aliphatic carbocycles. The summed E-state index contributed by atoms with van der Waals surface area (Å²) in [5.41, 5.74) is 0.597. The molecule has 0 bridgehead atoms. The van der Waals surface area contributed by atoms with Crippen molar-refractivity contribution in [2.45, 2.75) is 0 Å². The van der Waals surface area contributed by atoms with Gasteiger partial charge in [-0.3, -0.25) is 29.8 Å². The number of ketones is 1. The number of non-ortho nitro benzene ring substituents is 2. The number of allylic oxidation sites excluding steroid dienone is 1. The predicted octanol–water partition coefficient (Wildman–Crippen LogP) is 4.16. The lowest BCUT2D eigenvalue weighted by Gasteiger charge is -2.10. The Morgan fingerprint density at radius 1 is 0.710 bits per heavy atom. The first kappa shape index (κ1) is 21.1. The average Bonchev–Trinajstić information content (AvgIpc) is 2.79. The molecule has 1 amide bonds. The van der Waals surface area contributed by atoms with Gasteiger partial charge in [0.05, 0.1) is 15.5 Å². The summed E-state index contributed by atoms with van der Waals surface area (Å²) in [7, 11) is 0. The second kappa shape index (κ2) is 9.23. The van der Waals surface area contributed by atoms with E-state index in [0.29, 0.717) is 11.1 Å². The zero-order valence-electron chi connectivity index (χ0n) is 15.9. The SMILES string of the molecule is O=C(N/C(=C\c1ccc([N+](=O)[O-])cc1)C(=O)c1ccccc1)c1ccc([N+](=O)[O-])cc1. The number of benzene rings is 3. The minimum atomic E-state index is -0.632. The van der Waals surface area contributed by atoms with Crippen molar-refractivity contribution in [2.75, 3.05) is 0 Å². The molecule has 1 N–H and O–H groups in total. The molecule has 9 heteroatoms. The lowest BCUT2D eigenvalue weighted by atomic mass is 10.0. The maximum absolute atomic E-state index is 13.0. The van der Waals surface area contributed by atoms with Gasteiger partial charge in [0.1, 0.15) is 0 Å². The molecule has 3 aromatic carbocycles. The van der Waals surface area contributed by atoms with Crippen LogP contribution in [0.2, 0.25) is 0 Å². The smallest absolute Gasteiger partial charge is 0.269 e. The van der Waals surface area contributed by atoms with E-state index in [1.807, 2.05) is 0 Å². The Labute approximate surface area is 175 Å². The summed E-state index contributed by atoms with van der Waals surface area (Å²) in [6.07, 6.45) is 1.41. The highest BCUT2D eigenvalue weighted by Crippen LogP contribution is 2.17. The van der Waals surface area contributed by atoms with E-state index in [1.54, 1.807) is 30.3 Å². The number of nitrogens with one attached hydrogen (secondary N) is 1. The second-order valence-electron chi connectivity index (χ2n) is 6.36. The molecule has 0 atom stereocenters. The Balaban J connectivity index is 1.93. The van der Waals surface area contributed by atoms with E-state index in [-0.39, 0.29) is 22.6 Å². The minimum absolute atomic E-state index is 0.0524. The highest BCUT2D eigenvalue weighted by Gasteiger charge is 2.17. The van der Waals surface area contributed by atoms with Crippen molar-refractivity contribution in [3.8, 4) is 0 Å². The monoisotopic (exact) mass is 417 g/mol. The molecule has 0 saturated heterocycles. The molecule has 0 aliphatic rings. The summed E-state index contributed by atoms with van der Waals surface area (Å²) in [6, 6.07) is 18.7. The van der Waals surface area contributed by atoms with Gasteiger partial charge in [-0.25, -0.2) is 0 Å². The Morgan fingerprint density at radius 2 is 1.23 bits per heavy atom. The van der Waals surface area contributed by atoms with Gasteiger partial charge in [0.2, 0.25) is 5.78 Å². The van der Waals surface area contributed by atoms with Crippen LogP contribution in [0.5, 0.6) is 0 Å². The number of hydrogen-bond donors (Lipinski definition) is 1. The summed E-state index contributed by atoms with van der Waals surface area (Å²) in [6.45, 7) is 0. The van der Waals surface area contributed by atoms with Crippen molar-refractivity contribution >= 4 is 29.1 Å². The molecule has 0 unspecified atom stereocenters. The zero-order valence-corrected chi connectivity index (χ0v) is 15.9. The van der Waals surface area contributed by atoms with Gasteiger partial charge in [-0.05, 0) is 35.9 Å². The summed E-state index contributed by atoms with van der Waals surface area (Å²) in [5, 5.41) is 24.2. The van der Waals surface area contributed by atoms with Gasteiger partial charge < -0.3 is 5.32 Å². The fourth-order valence-electron chi connectivity index (χ4n) is 2.69. The Hall–Kier alpha value is -4.66. The van der Waals surface area contributed by atoms with Crippen LogP contribution in [0.4, 0.5) is 11.4 Å². The van der Waals surface area contributed by atoms with Gasteiger partial charge in [-0.2, -0.15) is 0 Å². The topological polar surface area (TPSA) is 132 Å². The highest BCUT2D eigenvalue weighted by atomic mass is 16.6.